The summed E-state index contributed by atoms with van der Waals surface area (Å²) in [6, 6.07) is 8.68. The number of nitrogens with zero attached hydrogens (tertiary/aromatic N) is 3. The van der Waals surface area contributed by atoms with E-state index < -0.39 is 0 Å². The Kier molecular flexibility index (Phi) is 4.80. The van der Waals surface area contributed by atoms with E-state index in [1.807, 2.05) is 6.92 Å². The van der Waals surface area contributed by atoms with E-state index in [0.29, 0.717) is 28.6 Å². The number of rotatable bonds is 6. The zero-order chi connectivity index (χ0) is 17.1. The molecule has 6 nitrogen and oxygen atoms in total. The second-order valence-corrected chi connectivity index (χ2v) is 6.64. The summed E-state index contributed by atoms with van der Waals surface area (Å²) in [6.07, 6.45) is 1.61. The third kappa shape index (κ3) is 3.41. The summed E-state index contributed by atoms with van der Waals surface area (Å²) in [5.41, 5.74) is 7.54. The molecule has 3 rings (SSSR count). The van der Waals surface area contributed by atoms with Gasteiger partial charge in [0.2, 0.25) is 0 Å². The van der Waals surface area contributed by atoms with Crippen molar-refractivity contribution in [1.29, 1.82) is 0 Å². The van der Waals surface area contributed by atoms with Gasteiger partial charge in [-0.1, -0.05) is 23.9 Å². The molecule has 0 atom stereocenters. The monoisotopic (exact) mass is 342 g/mol. The molecule has 0 radical (unpaired) electrons. The van der Waals surface area contributed by atoms with Crippen LogP contribution in [-0.4, -0.2) is 39.0 Å². The minimum Gasteiger partial charge on any atom is -0.384 e. The molecule has 2 N–H and O–H groups in total. The van der Waals surface area contributed by atoms with Gasteiger partial charge in [-0.25, -0.2) is 9.97 Å². The molecular weight excluding hydrogens is 324 g/mol. The highest BCUT2D eigenvalue weighted by Crippen LogP contribution is 2.23. The number of amides is 2. The smallest absolute Gasteiger partial charge is 0.261 e. The van der Waals surface area contributed by atoms with Gasteiger partial charge in [-0.3, -0.25) is 14.5 Å². The molecular formula is C17H18N4O2S. The molecule has 1 aliphatic rings. The van der Waals surface area contributed by atoms with E-state index in [1.165, 1.54) is 16.7 Å². The fourth-order valence-electron chi connectivity index (χ4n) is 2.61. The number of unbranched alkanes of at least 4 members (excludes halogenated alkanes) is 1. The van der Waals surface area contributed by atoms with Crippen molar-refractivity contribution >= 4 is 29.4 Å². The fraction of sp³-hybridized carbons (Fsp3) is 0.294. The molecule has 0 unspecified atom stereocenters. The number of nitrogen functional groups attached to an aromatic ring is 1. The van der Waals surface area contributed by atoms with Crippen molar-refractivity contribution in [1.82, 2.24) is 14.9 Å². The maximum absolute atomic E-state index is 12.2. The molecule has 2 aromatic rings. The summed E-state index contributed by atoms with van der Waals surface area (Å²) in [5.74, 6) is 0.888. The second kappa shape index (κ2) is 7.00. The van der Waals surface area contributed by atoms with Crippen LogP contribution in [0.4, 0.5) is 5.82 Å². The lowest BCUT2D eigenvalue weighted by Gasteiger charge is -2.13. The number of aromatic nitrogens is 2. The first-order valence-corrected chi connectivity index (χ1v) is 8.74. The Bertz CT molecular complexity index is 739. The summed E-state index contributed by atoms with van der Waals surface area (Å²) in [7, 11) is 0. The molecule has 2 heterocycles. The number of carbonyl (C=O) groups is 2. The molecule has 0 fully saturated rings. The molecule has 0 aliphatic carbocycles. The average molecular weight is 342 g/mol. The number of anilines is 1. The van der Waals surface area contributed by atoms with E-state index in [2.05, 4.69) is 9.97 Å². The van der Waals surface area contributed by atoms with Gasteiger partial charge in [0.05, 0.1) is 11.1 Å². The van der Waals surface area contributed by atoms with Crippen LogP contribution in [0.3, 0.4) is 0 Å². The molecule has 1 aliphatic heterocycles. The maximum atomic E-state index is 12.2. The van der Waals surface area contributed by atoms with Gasteiger partial charge in [-0.05, 0) is 31.9 Å². The molecule has 7 heteroatoms. The minimum absolute atomic E-state index is 0.196. The largest absolute Gasteiger partial charge is 0.384 e. The lowest BCUT2D eigenvalue weighted by Crippen LogP contribution is -2.30. The van der Waals surface area contributed by atoms with E-state index >= 15 is 0 Å². The number of nitrogens with two attached hydrogens (primary N) is 1. The van der Waals surface area contributed by atoms with Crippen molar-refractivity contribution in [3.63, 3.8) is 0 Å². The van der Waals surface area contributed by atoms with Crippen molar-refractivity contribution in [2.75, 3.05) is 18.0 Å². The number of imide groups is 1. The van der Waals surface area contributed by atoms with Crippen molar-refractivity contribution in [3.05, 3.63) is 47.2 Å². The minimum atomic E-state index is -0.196. The third-order valence-corrected chi connectivity index (χ3v) is 4.67. The lowest BCUT2D eigenvalue weighted by molar-refractivity contribution is 0.0652. The first-order chi connectivity index (χ1) is 11.6. The topological polar surface area (TPSA) is 89.2 Å². The zero-order valence-electron chi connectivity index (χ0n) is 13.4. The molecule has 24 heavy (non-hydrogen) atoms. The Morgan fingerprint density at radius 3 is 2.38 bits per heavy atom. The number of aryl methyl sites for hydroxylation is 1. The normalized spacial score (nSPS) is 13.5. The predicted octanol–water partition coefficient (Wildman–Crippen LogP) is 2.54. The number of benzene rings is 1. The van der Waals surface area contributed by atoms with Gasteiger partial charge in [0, 0.05) is 24.1 Å². The molecule has 0 spiro atoms. The van der Waals surface area contributed by atoms with Crippen molar-refractivity contribution < 1.29 is 9.59 Å². The highest BCUT2D eigenvalue weighted by atomic mass is 32.2. The first-order valence-electron chi connectivity index (χ1n) is 7.75. The van der Waals surface area contributed by atoms with E-state index in [1.54, 1.807) is 30.3 Å². The number of thioether (sulfide) groups is 1. The van der Waals surface area contributed by atoms with Crippen LogP contribution in [0.1, 0.15) is 39.3 Å². The van der Waals surface area contributed by atoms with Crippen molar-refractivity contribution in [2.45, 2.75) is 24.9 Å². The molecule has 0 bridgehead atoms. The molecule has 2 amide bonds. The van der Waals surface area contributed by atoms with E-state index in [0.717, 1.165) is 24.3 Å². The Morgan fingerprint density at radius 2 is 1.75 bits per heavy atom. The van der Waals surface area contributed by atoms with Crippen LogP contribution >= 0.6 is 11.8 Å². The Balaban J connectivity index is 1.48. The SMILES string of the molecule is Cc1cc(N)nc(SCCCCN2C(=O)c3ccccc3C2=O)n1. The standard InChI is InChI=1S/C17H18N4O2S/c1-11-10-14(18)20-17(19-11)24-9-5-4-8-21-15(22)12-6-2-3-7-13(12)16(21)23/h2-3,6-7,10H,4-5,8-9H2,1H3,(H2,18,19,20). The summed E-state index contributed by atoms with van der Waals surface area (Å²) >= 11 is 1.53. The molecule has 0 saturated carbocycles. The number of hydrogen-bond acceptors (Lipinski definition) is 6. The van der Waals surface area contributed by atoms with E-state index in [9.17, 15) is 9.59 Å². The number of fused-ring (bicyclic) bond motifs is 1. The summed E-state index contributed by atoms with van der Waals surface area (Å²) < 4.78 is 0. The Labute approximate surface area is 144 Å². The van der Waals surface area contributed by atoms with E-state index in [4.69, 9.17) is 5.73 Å². The Morgan fingerprint density at radius 1 is 1.08 bits per heavy atom. The average Bonchev–Trinajstić information content (AvgIpc) is 2.79. The molecule has 1 aromatic carbocycles. The third-order valence-electron chi connectivity index (χ3n) is 3.74. The summed E-state index contributed by atoms with van der Waals surface area (Å²) in [5, 5.41) is 0.660. The predicted molar refractivity (Wildman–Crippen MR) is 92.9 cm³/mol. The van der Waals surface area contributed by atoms with Crippen LogP contribution in [0.25, 0.3) is 0 Å². The van der Waals surface area contributed by atoms with Crippen LogP contribution in [0.5, 0.6) is 0 Å². The summed E-state index contributed by atoms with van der Waals surface area (Å²) in [6.45, 7) is 2.31. The highest BCUT2D eigenvalue weighted by molar-refractivity contribution is 7.99. The first kappa shape index (κ1) is 16.4. The fourth-order valence-corrected chi connectivity index (χ4v) is 3.52. The number of carbonyl (C=O) groups excluding carboxylic acids is 2. The van der Waals surface area contributed by atoms with Gasteiger partial charge in [-0.2, -0.15) is 0 Å². The lowest BCUT2D eigenvalue weighted by atomic mass is 10.1. The molecule has 124 valence electrons. The van der Waals surface area contributed by atoms with Gasteiger partial charge in [0.15, 0.2) is 5.16 Å². The van der Waals surface area contributed by atoms with Gasteiger partial charge < -0.3 is 5.73 Å². The van der Waals surface area contributed by atoms with Gasteiger partial charge in [0.1, 0.15) is 5.82 Å². The second-order valence-electron chi connectivity index (χ2n) is 5.58. The van der Waals surface area contributed by atoms with Crippen LogP contribution < -0.4 is 5.73 Å². The molecule has 1 aromatic heterocycles. The van der Waals surface area contributed by atoms with Crippen LogP contribution in [-0.2, 0) is 0 Å². The Hall–Kier alpha value is -2.41. The zero-order valence-corrected chi connectivity index (χ0v) is 14.2. The highest BCUT2D eigenvalue weighted by Gasteiger charge is 2.34. The van der Waals surface area contributed by atoms with Crippen molar-refractivity contribution in [3.8, 4) is 0 Å². The van der Waals surface area contributed by atoms with Crippen LogP contribution in [0.2, 0.25) is 0 Å². The molecule has 0 saturated heterocycles. The van der Waals surface area contributed by atoms with Gasteiger partial charge in [0.25, 0.3) is 11.8 Å². The van der Waals surface area contributed by atoms with Gasteiger partial charge in [-0.15, -0.1) is 0 Å². The quantitative estimate of drug-likeness (QED) is 0.375. The summed E-state index contributed by atoms with van der Waals surface area (Å²) in [4.78, 5) is 34.3. The maximum Gasteiger partial charge on any atom is 0.261 e. The van der Waals surface area contributed by atoms with Gasteiger partial charge >= 0.3 is 0 Å². The van der Waals surface area contributed by atoms with Crippen LogP contribution in [0.15, 0.2) is 35.5 Å². The number of hydrogen-bond donors (Lipinski definition) is 1. The van der Waals surface area contributed by atoms with Crippen molar-refractivity contribution in [2.24, 2.45) is 0 Å². The van der Waals surface area contributed by atoms with E-state index in [-0.39, 0.29) is 11.8 Å². The van der Waals surface area contributed by atoms with Crippen LogP contribution in [0, 0.1) is 6.92 Å².